The lowest BCUT2D eigenvalue weighted by Crippen LogP contribution is -2.32. The molecule has 0 fully saturated rings. The number of nitrogens with one attached hydrogen (secondary N) is 1. The quantitative estimate of drug-likeness (QED) is 0.544. The average Bonchev–Trinajstić information content (AvgIpc) is 3.26. The number of hydrogen-bond acceptors (Lipinski definition) is 5. The van der Waals surface area contributed by atoms with Gasteiger partial charge in [-0.3, -0.25) is 4.98 Å². The van der Waals surface area contributed by atoms with Gasteiger partial charge in [0.25, 0.3) is 0 Å². The van der Waals surface area contributed by atoms with Gasteiger partial charge in [0.05, 0.1) is 5.70 Å². The van der Waals surface area contributed by atoms with E-state index in [1.807, 2.05) is 42.5 Å². The summed E-state index contributed by atoms with van der Waals surface area (Å²) in [7, 11) is 0. The predicted molar refractivity (Wildman–Crippen MR) is 109 cm³/mol. The largest absolute Gasteiger partial charge is 0.480 e. The fraction of sp³-hybridized carbons (Fsp3) is 0.0870. The van der Waals surface area contributed by atoms with Crippen LogP contribution >= 0.6 is 0 Å². The number of anilines is 1. The number of benzene rings is 2. The second kappa shape index (κ2) is 6.52. The number of fused-ring (bicyclic) bond motifs is 3. The van der Waals surface area contributed by atoms with Crippen LogP contribution in [0.25, 0.3) is 5.70 Å². The zero-order valence-corrected chi connectivity index (χ0v) is 15.7. The molecule has 0 saturated heterocycles. The molecule has 2 aliphatic heterocycles. The predicted octanol–water partition coefficient (Wildman–Crippen LogP) is 4.37. The molecule has 4 heterocycles. The van der Waals surface area contributed by atoms with Crippen LogP contribution in [0.3, 0.4) is 0 Å². The van der Waals surface area contributed by atoms with Crippen molar-refractivity contribution < 1.29 is 9.13 Å². The third kappa shape index (κ3) is 2.45. The Morgan fingerprint density at radius 1 is 1.00 bits per heavy atom. The van der Waals surface area contributed by atoms with Gasteiger partial charge >= 0.3 is 0 Å². The summed E-state index contributed by atoms with van der Waals surface area (Å²) in [5, 5.41) is 7.84. The molecule has 1 N–H and O–H groups in total. The van der Waals surface area contributed by atoms with Crippen molar-refractivity contribution in [3.8, 4) is 5.75 Å². The van der Waals surface area contributed by atoms with E-state index in [1.165, 1.54) is 12.4 Å². The molecule has 2 aliphatic rings. The Bertz CT molecular complexity index is 1280. The minimum absolute atomic E-state index is 0.317. The van der Waals surface area contributed by atoms with Crippen LogP contribution in [0.1, 0.15) is 28.8 Å². The summed E-state index contributed by atoms with van der Waals surface area (Å²) in [5.74, 6) is 0.990. The highest BCUT2D eigenvalue weighted by atomic mass is 19.1. The maximum Gasteiger partial charge on any atom is 0.226 e. The van der Waals surface area contributed by atoms with Crippen molar-refractivity contribution in [2.45, 2.75) is 12.1 Å². The number of hydrogen-bond donors (Lipinski definition) is 1. The maximum atomic E-state index is 14.9. The van der Waals surface area contributed by atoms with Crippen LogP contribution in [0, 0.1) is 5.82 Å². The minimum atomic E-state index is -0.633. The highest BCUT2D eigenvalue weighted by Gasteiger charge is 2.41. The van der Waals surface area contributed by atoms with Crippen molar-refractivity contribution >= 4 is 11.6 Å². The molecule has 2 atom stereocenters. The first-order valence-electron chi connectivity index (χ1n) is 9.62. The highest BCUT2D eigenvalue weighted by Crippen LogP contribution is 2.50. The van der Waals surface area contributed by atoms with Crippen LogP contribution in [0.15, 0.2) is 85.0 Å². The van der Waals surface area contributed by atoms with Crippen LogP contribution < -0.4 is 10.1 Å². The Labute approximate surface area is 171 Å². The number of pyridine rings is 1. The monoisotopic (exact) mass is 397 g/mol. The van der Waals surface area contributed by atoms with Crippen LogP contribution in [-0.2, 0) is 0 Å². The minimum Gasteiger partial charge on any atom is -0.480 e. The Hall–Kier alpha value is -4.00. The summed E-state index contributed by atoms with van der Waals surface area (Å²) in [4.78, 5) is 8.68. The summed E-state index contributed by atoms with van der Waals surface area (Å²) >= 11 is 0. The van der Waals surface area contributed by atoms with Gasteiger partial charge in [0, 0.05) is 29.1 Å². The van der Waals surface area contributed by atoms with Crippen LogP contribution in [-0.4, -0.2) is 19.7 Å². The number of aromatic nitrogens is 4. The van der Waals surface area contributed by atoms with E-state index in [2.05, 4.69) is 20.4 Å². The van der Waals surface area contributed by atoms with Crippen molar-refractivity contribution in [3.05, 3.63) is 107 Å². The van der Waals surface area contributed by atoms with Gasteiger partial charge in [-0.1, -0.05) is 36.4 Å². The second-order valence-electron chi connectivity index (χ2n) is 7.19. The van der Waals surface area contributed by atoms with Crippen molar-refractivity contribution in [1.82, 2.24) is 19.7 Å². The van der Waals surface area contributed by atoms with E-state index < -0.39 is 6.10 Å². The molecule has 146 valence electrons. The molecule has 2 aromatic carbocycles. The van der Waals surface area contributed by atoms with E-state index in [0.29, 0.717) is 17.3 Å². The third-order valence-electron chi connectivity index (χ3n) is 5.51. The van der Waals surface area contributed by atoms with Gasteiger partial charge < -0.3 is 10.1 Å². The Kier molecular flexibility index (Phi) is 3.67. The topological polar surface area (TPSA) is 64.9 Å². The van der Waals surface area contributed by atoms with E-state index in [9.17, 15) is 4.39 Å². The Morgan fingerprint density at radius 2 is 1.87 bits per heavy atom. The summed E-state index contributed by atoms with van der Waals surface area (Å²) in [5.41, 5.74) is 4.02. The molecule has 0 amide bonds. The van der Waals surface area contributed by atoms with Crippen molar-refractivity contribution in [1.29, 1.82) is 0 Å². The molecule has 0 radical (unpaired) electrons. The molecule has 0 unspecified atom stereocenters. The fourth-order valence-electron chi connectivity index (χ4n) is 4.22. The lowest BCUT2D eigenvalue weighted by molar-refractivity contribution is 0.218. The molecule has 4 aromatic rings. The number of ether oxygens (including phenoxy) is 1. The maximum absolute atomic E-state index is 14.9. The Morgan fingerprint density at radius 3 is 2.73 bits per heavy atom. The van der Waals surface area contributed by atoms with Gasteiger partial charge in [-0.25, -0.2) is 9.07 Å². The van der Waals surface area contributed by atoms with Crippen LogP contribution in [0.4, 0.5) is 10.3 Å². The molecule has 6 nitrogen and oxygen atoms in total. The number of nitrogens with zero attached hydrogens (tertiary/aromatic N) is 4. The molecule has 2 aromatic heterocycles. The molecule has 30 heavy (non-hydrogen) atoms. The van der Waals surface area contributed by atoms with Crippen LogP contribution in [0.2, 0.25) is 0 Å². The normalized spacial score (nSPS) is 19.2. The lowest BCUT2D eigenvalue weighted by Gasteiger charge is -2.38. The van der Waals surface area contributed by atoms with E-state index >= 15 is 0 Å². The molecule has 6 rings (SSSR count). The van der Waals surface area contributed by atoms with E-state index in [4.69, 9.17) is 4.74 Å². The van der Waals surface area contributed by atoms with Crippen molar-refractivity contribution in [2.75, 3.05) is 5.32 Å². The molecular weight excluding hydrogens is 381 g/mol. The van der Waals surface area contributed by atoms with Gasteiger partial charge in [0.2, 0.25) is 5.95 Å². The second-order valence-corrected chi connectivity index (χ2v) is 7.19. The summed E-state index contributed by atoms with van der Waals surface area (Å²) < 4.78 is 23.1. The third-order valence-corrected chi connectivity index (χ3v) is 5.51. The first kappa shape index (κ1) is 16.9. The van der Waals surface area contributed by atoms with Crippen molar-refractivity contribution in [3.63, 3.8) is 0 Å². The zero-order valence-electron chi connectivity index (χ0n) is 15.7. The molecule has 0 saturated carbocycles. The van der Waals surface area contributed by atoms with Crippen LogP contribution in [0.5, 0.6) is 5.75 Å². The lowest BCUT2D eigenvalue weighted by atomic mass is 9.85. The summed E-state index contributed by atoms with van der Waals surface area (Å²) in [6, 6.07) is 18.0. The smallest absolute Gasteiger partial charge is 0.226 e. The first-order chi connectivity index (χ1) is 14.8. The van der Waals surface area contributed by atoms with Gasteiger partial charge in [0.1, 0.15) is 23.9 Å². The van der Waals surface area contributed by atoms with E-state index in [0.717, 1.165) is 22.4 Å². The first-order valence-corrected chi connectivity index (χ1v) is 9.62. The number of rotatable bonds is 2. The Balaban J connectivity index is 1.66. The van der Waals surface area contributed by atoms with Gasteiger partial charge in [-0.2, -0.15) is 10.1 Å². The molecule has 7 heteroatoms. The SMILES string of the molecule is Fc1ccccc1[C@H]1Oc2ccccc2C2=C1[C@@H](c1cccnc1)n1ncnc1N2. The van der Waals surface area contributed by atoms with Gasteiger partial charge in [-0.15, -0.1) is 0 Å². The molecule has 0 aliphatic carbocycles. The van der Waals surface area contributed by atoms with E-state index in [-0.39, 0.29) is 11.9 Å². The molecule has 0 spiro atoms. The average molecular weight is 397 g/mol. The molecular formula is C23H16FN5O. The summed E-state index contributed by atoms with van der Waals surface area (Å²) in [6.07, 6.45) is 4.40. The van der Waals surface area contributed by atoms with Gasteiger partial charge in [0.15, 0.2) is 6.10 Å². The number of para-hydroxylation sites is 1. The van der Waals surface area contributed by atoms with Gasteiger partial charge in [-0.05, 0) is 29.8 Å². The van der Waals surface area contributed by atoms with E-state index in [1.54, 1.807) is 29.2 Å². The molecule has 0 bridgehead atoms. The standard InChI is InChI=1S/C23H16FN5O/c24-17-9-3-1-7-15(17)22-19-20(16-8-2-4-10-18(16)30-22)28-23-26-13-27-29(23)21(19)14-6-5-11-25-12-14/h1-13,21-22H,(H,26,27,28)/t21-,22-/m1/s1. The fourth-order valence-corrected chi connectivity index (χ4v) is 4.22. The zero-order chi connectivity index (χ0) is 20.1. The highest BCUT2D eigenvalue weighted by molar-refractivity contribution is 5.85. The van der Waals surface area contributed by atoms with Crippen molar-refractivity contribution in [2.24, 2.45) is 0 Å². The summed E-state index contributed by atoms with van der Waals surface area (Å²) in [6.45, 7) is 0. The number of halogens is 1.